The summed E-state index contributed by atoms with van der Waals surface area (Å²) in [5, 5.41) is 9.81. The van der Waals surface area contributed by atoms with Crippen molar-refractivity contribution in [3.05, 3.63) is 58.4 Å². The van der Waals surface area contributed by atoms with Crippen LogP contribution in [0.5, 0.6) is 5.75 Å². The van der Waals surface area contributed by atoms with Gasteiger partial charge in [-0.05, 0) is 35.7 Å². The van der Waals surface area contributed by atoms with Crippen molar-refractivity contribution in [3.63, 3.8) is 0 Å². The van der Waals surface area contributed by atoms with Gasteiger partial charge in [0.1, 0.15) is 5.75 Å². The maximum Gasteiger partial charge on any atom is 0.354 e. The molecule has 1 N–H and O–H groups in total. The summed E-state index contributed by atoms with van der Waals surface area (Å²) < 4.78 is 5.80. The number of carboxylic acid groups (broad SMARTS) is 1. The number of carboxylic acids is 1. The standard InChI is InChI=1S/C17H18ClNO3/c1-11(2)10-22-15-6-5-14(18)9-13(15)8-12-4-3-7-19-16(12)17(20)21/h3-7,9,11H,8,10H2,1-2H3,(H,20,21). The van der Waals surface area contributed by atoms with Gasteiger partial charge in [-0.1, -0.05) is 31.5 Å². The number of nitrogens with zero attached hydrogens (tertiary/aromatic N) is 1. The molecule has 2 aromatic rings. The molecule has 4 nitrogen and oxygen atoms in total. The van der Waals surface area contributed by atoms with Crippen molar-refractivity contribution in [1.82, 2.24) is 4.98 Å². The van der Waals surface area contributed by atoms with E-state index in [1.54, 1.807) is 24.3 Å². The molecule has 22 heavy (non-hydrogen) atoms. The zero-order chi connectivity index (χ0) is 16.1. The fourth-order valence-electron chi connectivity index (χ4n) is 2.06. The lowest BCUT2D eigenvalue weighted by Gasteiger charge is -2.14. The highest BCUT2D eigenvalue weighted by molar-refractivity contribution is 6.30. The summed E-state index contributed by atoms with van der Waals surface area (Å²) in [5.74, 6) is 0.0806. The highest BCUT2D eigenvalue weighted by Gasteiger charge is 2.14. The fourth-order valence-corrected chi connectivity index (χ4v) is 2.26. The zero-order valence-corrected chi connectivity index (χ0v) is 13.3. The summed E-state index contributed by atoms with van der Waals surface area (Å²) in [4.78, 5) is 15.2. The number of hydrogen-bond donors (Lipinski definition) is 1. The summed E-state index contributed by atoms with van der Waals surface area (Å²) in [7, 11) is 0. The number of aromatic carboxylic acids is 1. The van der Waals surface area contributed by atoms with Crippen molar-refractivity contribution in [3.8, 4) is 5.75 Å². The number of carbonyl (C=O) groups is 1. The highest BCUT2D eigenvalue weighted by atomic mass is 35.5. The number of benzene rings is 1. The maximum atomic E-state index is 11.3. The van der Waals surface area contributed by atoms with Gasteiger partial charge in [0.15, 0.2) is 5.69 Å². The van der Waals surface area contributed by atoms with E-state index in [1.165, 1.54) is 6.20 Å². The second-order valence-electron chi connectivity index (χ2n) is 5.45. The van der Waals surface area contributed by atoms with Crippen LogP contribution in [0.4, 0.5) is 0 Å². The average Bonchev–Trinajstić information content (AvgIpc) is 2.46. The monoisotopic (exact) mass is 319 g/mol. The summed E-state index contributed by atoms with van der Waals surface area (Å²) in [6, 6.07) is 8.86. The molecule has 0 unspecified atom stereocenters. The minimum atomic E-state index is -1.04. The Morgan fingerprint density at radius 2 is 2.09 bits per heavy atom. The van der Waals surface area contributed by atoms with Gasteiger partial charge in [0.25, 0.3) is 0 Å². The minimum absolute atomic E-state index is 0.0530. The third-order valence-corrected chi connectivity index (χ3v) is 3.30. The van der Waals surface area contributed by atoms with Crippen LogP contribution in [-0.2, 0) is 6.42 Å². The van der Waals surface area contributed by atoms with Crippen molar-refractivity contribution in [1.29, 1.82) is 0 Å². The van der Waals surface area contributed by atoms with E-state index in [1.807, 2.05) is 6.07 Å². The second-order valence-corrected chi connectivity index (χ2v) is 5.89. The van der Waals surface area contributed by atoms with Crippen LogP contribution < -0.4 is 4.74 Å². The van der Waals surface area contributed by atoms with E-state index in [0.29, 0.717) is 29.5 Å². The largest absolute Gasteiger partial charge is 0.493 e. The van der Waals surface area contributed by atoms with Gasteiger partial charge in [-0.2, -0.15) is 0 Å². The van der Waals surface area contributed by atoms with Gasteiger partial charge in [0.05, 0.1) is 6.61 Å². The van der Waals surface area contributed by atoms with Gasteiger partial charge in [-0.3, -0.25) is 0 Å². The van der Waals surface area contributed by atoms with Gasteiger partial charge in [0.2, 0.25) is 0 Å². The van der Waals surface area contributed by atoms with Crippen molar-refractivity contribution in [2.45, 2.75) is 20.3 Å². The van der Waals surface area contributed by atoms with E-state index >= 15 is 0 Å². The molecule has 0 amide bonds. The molecule has 0 fully saturated rings. The van der Waals surface area contributed by atoms with Crippen LogP contribution in [0.1, 0.15) is 35.5 Å². The van der Waals surface area contributed by atoms with Crippen LogP contribution in [0, 0.1) is 5.92 Å². The van der Waals surface area contributed by atoms with Gasteiger partial charge >= 0.3 is 5.97 Å². The predicted molar refractivity (Wildman–Crippen MR) is 85.8 cm³/mol. The molecule has 0 saturated heterocycles. The van der Waals surface area contributed by atoms with E-state index in [-0.39, 0.29) is 5.69 Å². The molecule has 0 atom stereocenters. The molecule has 1 aromatic heterocycles. The molecular weight excluding hydrogens is 302 g/mol. The highest BCUT2D eigenvalue weighted by Crippen LogP contribution is 2.26. The Bertz CT molecular complexity index is 671. The van der Waals surface area contributed by atoms with E-state index < -0.39 is 5.97 Å². The molecular formula is C17H18ClNO3. The number of halogens is 1. The average molecular weight is 320 g/mol. The van der Waals surface area contributed by atoms with E-state index in [0.717, 1.165) is 11.3 Å². The molecule has 0 aliphatic carbocycles. The van der Waals surface area contributed by atoms with Crippen LogP contribution in [0.3, 0.4) is 0 Å². The Balaban J connectivity index is 2.32. The molecule has 0 spiro atoms. The Labute approximate surface area is 134 Å². The Hall–Kier alpha value is -2.07. The third kappa shape index (κ3) is 4.21. The normalized spacial score (nSPS) is 10.7. The number of rotatable bonds is 6. The number of pyridine rings is 1. The first kappa shape index (κ1) is 16.3. The third-order valence-electron chi connectivity index (χ3n) is 3.07. The lowest BCUT2D eigenvalue weighted by molar-refractivity contribution is 0.0689. The van der Waals surface area contributed by atoms with Crippen LogP contribution >= 0.6 is 11.6 Å². The number of ether oxygens (including phenoxy) is 1. The maximum absolute atomic E-state index is 11.3. The molecule has 5 heteroatoms. The lowest BCUT2D eigenvalue weighted by Crippen LogP contribution is -2.08. The molecule has 0 aliphatic heterocycles. The Morgan fingerprint density at radius 1 is 1.32 bits per heavy atom. The summed E-state index contributed by atoms with van der Waals surface area (Å²) in [6.45, 7) is 4.73. The van der Waals surface area contributed by atoms with E-state index in [9.17, 15) is 9.90 Å². The topological polar surface area (TPSA) is 59.4 Å². The summed E-state index contributed by atoms with van der Waals surface area (Å²) in [5.41, 5.74) is 1.53. The predicted octanol–water partition coefficient (Wildman–Crippen LogP) is 4.06. The van der Waals surface area contributed by atoms with Crippen molar-refractivity contribution < 1.29 is 14.6 Å². The van der Waals surface area contributed by atoms with Gasteiger partial charge in [0, 0.05) is 23.2 Å². The molecule has 116 valence electrons. The van der Waals surface area contributed by atoms with Crippen molar-refractivity contribution in [2.24, 2.45) is 5.92 Å². The first-order chi connectivity index (χ1) is 10.5. The quantitative estimate of drug-likeness (QED) is 0.872. The fraction of sp³-hybridized carbons (Fsp3) is 0.294. The number of hydrogen-bond acceptors (Lipinski definition) is 3. The SMILES string of the molecule is CC(C)COc1ccc(Cl)cc1Cc1cccnc1C(=O)O. The molecule has 1 heterocycles. The summed E-state index contributed by atoms with van der Waals surface area (Å²) >= 11 is 6.06. The van der Waals surface area contributed by atoms with Crippen LogP contribution in [0.25, 0.3) is 0 Å². The van der Waals surface area contributed by atoms with Gasteiger partial charge in [-0.25, -0.2) is 9.78 Å². The van der Waals surface area contributed by atoms with Crippen LogP contribution in [-0.4, -0.2) is 22.7 Å². The molecule has 1 aromatic carbocycles. The molecule has 0 radical (unpaired) electrons. The summed E-state index contributed by atoms with van der Waals surface area (Å²) in [6.07, 6.45) is 1.88. The first-order valence-electron chi connectivity index (χ1n) is 7.05. The first-order valence-corrected chi connectivity index (χ1v) is 7.43. The van der Waals surface area contributed by atoms with E-state index in [4.69, 9.17) is 16.3 Å². The molecule has 2 rings (SSSR count). The van der Waals surface area contributed by atoms with Crippen molar-refractivity contribution >= 4 is 17.6 Å². The number of aromatic nitrogens is 1. The van der Waals surface area contributed by atoms with E-state index in [2.05, 4.69) is 18.8 Å². The van der Waals surface area contributed by atoms with Gasteiger partial charge < -0.3 is 9.84 Å². The molecule has 0 aliphatic rings. The smallest absolute Gasteiger partial charge is 0.354 e. The van der Waals surface area contributed by atoms with Crippen LogP contribution in [0.2, 0.25) is 5.02 Å². The zero-order valence-electron chi connectivity index (χ0n) is 12.5. The minimum Gasteiger partial charge on any atom is -0.493 e. The molecule has 0 saturated carbocycles. The van der Waals surface area contributed by atoms with Crippen molar-refractivity contribution in [2.75, 3.05) is 6.61 Å². The van der Waals surface area contributed by atoms with Crippen LogP contribution in [0.15, 0.2) is 36.5 Å². The Morgan fingerprint density at radius 3 is 2.77 bits per heavy atom. The molecule has 0 bridgehead atoms. The Kier molecular flexibility index (Phi) is 5.39. The van der Waals surface area contributed by atoms with Gasteiger partial charge in [-0.15, -0.1) is 0 Å². The lowest BCUT2D eigenvalue weighted by atomic mass is 10.0. The second kappa shape index (κ2) is 7.27.